The molecule has 0 fully saturated rings. The van der Waals surface area contributed by atoms with Crippen LogP contribution >= 0.6 is 0 Å². The summed E-state index contributed by atoms with van der Waals surface area (Å²) in [6.07, 6.45) is 0. The lowest BCUT2D eigenvalue weighted by molar-refractivity contribution is 0.615. The molecule has 0 unspecified atom stereocenters. The van der Waals surface area contributed by atoms with Crippen LogP contribution in [0.5, 0.6) is 0 Å². The number of nitrogens with two attached hydrogens (primary N) is 1. The monoisotopic (exact) mass is 300 g/mol. The first-order valence-corrected chi connectivity index (χ1v) is 6.80. The van der Waals surface area contributed by atoms with Gasteiger partial charge < -0.3 is 5.73 Å². The van der Waals surface area contributed by atoms with Crippen LogP contribution in [0.4, 0.5) is 8.78 Å². The van der Waals surface area contributed by atoms with Crippen LogP contribution in [0.15, 0.2) is 48.5 Å². The molecule has 3 rings (SSSR count). The van der Waals surface area contributed by atoms with Gasteiger partial charge in [-0.25, -0.2) is 13.5 Å². The summed E-state index contributed by atoms with van der Waals surface area (Å²) in [5, 5.41) is 8.09. The van der Waals surface area contributed by atoms with Crippen LogP contribution in [-0.4, -0.2) is 15.0 Å². The lowest BCUT2D eigenvalue weighted by Crippen LogP contribution is -2.06. The van der Waals surface area contributed by atoms with E-state index >= 15 is 0 Å². The number of aromatic nitrogens is 3. The molecule has 1 heterocycles. The molecule has 0 atom stereocenters. The van der Waals surface area contributed by atoms with E-state index in [0.717, 1.165) is 5.56 Å². The fraction of sp³-hybridized carbons (Fsp3) is 0.125. The standard InChI is InChI=1S/C16H14F2N4/c17-13-5-1-3-11(7-13)10-22-16(15(9-19)20-21-22)12-4-2-6-14(18)8-12/h1-8H,9-10,19H2. The Bertz CT molecular complexity index is 798. The van der Waals surface area contributed by atoms with Gasteiger partial charge in [0.15, 0.2) is 0 Å². The first-order chi connectivity index (χ1) is 10.7. The highest BCUT2D eigenvalue weighted by atomic mass is 19.1. The van der Waals surface area contributed by atoms with Gasteiger partial charge in [0.05, 0.1) is 12.2 Å². The van der Waals surface area contributed by atoms with Crippen molar-refractivity contribution in [1.82, 2.24) is 15.0 Å². The number of benzene rings is 2. The van der Waals surface area contributed by atoms with Crippen molar-refractivity contribution in [2.75, 3.05) is 0 Å². The van der Waals surface area contributed by atoms with E-state index in [1.54, 1.807) is 28.9 Å². The van der Waals surface area contributed by atoms with Crippen LogP contribution in [0.3, 0.4) is 0 Å². The molecule has 22 heavy (non-hydrogen) atoms. The van der Waals surface area contributed by atoms with Crippen LogP contribution in [-0.2, 0) is 13.1 Å². The van der Waals surface area contributed by atoms with Crippen molar-refractivity contribution < 1.29 is 8.78 Å². The topological polar surface area (TPSA) is 56.7 Å². The zero-order chi connectivity index (χ0) is 15.5. The highest BCUT2D eigenvalue weighted by Crippen LogP contribution is 2.23. The van der Waals surface area contributed by atoms with Crippen molar-refractivity contribution in [1.29, 1.82) is 0 Å². The molecule has 112 valence electrons. The molecule has 2 N–H and O–H groups in total. The van der Waals surface area contributed by atoms with Crippen LogP contribution in [0, 0.1) is 11.6 Å². The SMILES string of the molecule is NCc1nnn(Cc2cccc(F)c2)c1-c1cccc(F)c1. The summed E-state index contributed by atoms with van der Waals surface area (Å²) in [6, 6.07) is 12.4. The van der Waals surface area contributed by atoms with E-state index in [1.807, 2.05) is 0 Å². The Hall–Kier alpha value is -2.60. The van der Waals surface area contributed by atoms with E-state index in [-0.39, 0.29) is 18.2 Å². The molecule has 3 aromatic rings. The zero-order valence-electron chi connectivity index (χ0n) is 11.7. The Morgan fingerprint density at radius 3 is 2.41 bits per heavy atom. The fourth-order valence-electron chi connectivity index (χ4n) is 2.36. The van der Waals surface area contributed by atoms with Crippen LogP contribution < -0.4 is 5.73 Å². The van der Waals surface area contributed by atoms with Gasteiger partial charge in [-0.15, -0.1) is 5.10 Å². The molecule has 2 aromatic carbocycles. The summed E-state index contributed by atoms with van der Waals surface area (Å²) in [4.78, 5) is 0. The highest BCUT2D eigenvalue weighted by Gasteiger charge is 2.15. The molecule has 4 nitrogen and oxygen atoms in total. The fourth-order valence-corrected chi connectivity index (χ4v) is 2.36. The van der Waals surface area contributed by atoms with Gasteiger partial charge in [0.25, 0.3) is 0 Å². The Morgan fingerprint density at radius 2 is 1.73 bits per heavy atom. The number of hydrogen-bond donors (Lipinski definition) is 1. The first kappa shape index (κ1) is 14.3. The summed E-state index contributed by atoms with van der Waals surface area (Å²) >= 11 is 0. The number of nitrogens with zero attached hydrogens (tertiary/aromatic N) is 3. The predicted octanol–water partition coefficient (Wildman–Crippen LogP) is 2.73. The molecule has 0 saturated heterocycles. The third kappa shape index (κ3) is 2.87. The van der Waals surface area contributed by atoms with E-state index < -0.39 is 0 Å². The third-order valence-electron chi connectivity index (χ3n) is 3.32. The lowest BCUT2D eigenvalue weighted by Gasteiger charge is -2.08. The van der Waals surface area contributed by atoms with E-state index in [9.17, 15) is 8.78 Å². The lowest BCUT2D eigenvalue weighted by atomic mass is 10.1. The molecule has 0 bridgehead atoms. The summed E-state index contributed by atoms with van der Waals surface area (Å²) in [6.45, 7) is 0.519. The maximum Gasteiger partial charge on any atom is 0.123 e. The van der Waals surface area contributed by atoms with E-state index in [4.69, 9.17) is 5.73 Å². The van der Waals surface area contributed by atoms with Crippen LogP contribution in [0.2, 0.25) is 0 Å². The van der Waals surface area contributed by atoms with Crippen LogP contribution in [0.1, 0.15) is 11.3 Å². The van der Waals surface area contributed by atoms with E-state index in [2.05, 4.69) is 10.3 Å². The van der Waals surface area contributed by atoms with Crippen molar-refractivity contribution in [3.8, 4) is 11.3 Å². The molecule has 0 radical (unpaired) electrons. The molecule has 0 amide bonds. The van der Waals surface area contributed by atoms with E-state index in [0.29, 0.717) is 23.5 Å². The van der Waals surface area contributed by atoms with E-state index in [1.165, 1.54) is 24.3 Å². The molecule has 6 heteroatoms. The maximum atomic E-state index is 13.5. The van der Waals surface area contributed by atoms with Crippen molar-refractivity contribution in [3.63, 3.8) is 0 Å². The van der Waals surface area contributed by atoms with Gasteiger partial charge in [-0.05, 0) is 29.8 Å². The van der Waals surface area contributed by atoms with Gasteiger partial charge in [0.1, 0.15) is 17.3 Å². The van der Waals surface area contributed by atoms with Gasteiger partial charge in [-0.3, -0.25) is 0 Å². The average molecular weight is 300 g/mol. The Balaban J connectivity index is 2.04. The second kappa shape index (κ2) is 6.03. The minimum Gasteiger partial charge on any atom is -0.325 e. The number of hydrogen-bond acceptors (Lipinski definition) is 3. The molecule has 0 spiro atoms. The maximum absolute atomic E-state index is 13.5. The average Bonchev–Trinajstić information content (AvgIpc) is 2.90. The largest absolute Gasteiger partial charge is 0.325 e. The first-order valence-electron chi connectivity index (χ1n) is 6.80. The minimum atomic E-state index is -0.348. The second-order valence-corrected chi connectivity index (χ2v) is 4.89. The van der Waals surface area contributed by atoms with Crippen molar-refractivity contribution >= 4 is 0 Å². The van der Waals surface area contributed by atoms with Gasteiger partial charge in [-0.2, -0.15) is 0 Å². The third-order valence-corrected chi connectivity index (χ3v) is 3.32. The van der Waals surface area contributed by atoms with Gasteiger partial charge in [0, 0.05) is 12.1 Å². The minimum absolute atomic E-state index is 0.189. The zero-order valence-corrected chi connectivity index (χ0v) is 11.7. The van der Waals surface area contributed by atoms with Crippen molar-refractivity contribution in [2.24, 2.45) is 5.73 Å². The molecule has 1 aromatic heterocycles. The molecular weight excluding hydrogens is 286 g/mol. The highest BCUT2D eigenvalue weighted by molar-refractivity contribution is 5.62. The summed E-state index contributed by atoms with van der Waals surface area (Å²) in [7, 11) is 0. The Kier molecular flexibility index (Phi) is 3.93. The Labute approximate surface area is 126 Å². The molecular formula is C16H14F2N4. The molecule has 0 aliphatic heterocycles. The number of halogens is 2. The van der Waals surface area contributed by atoms with Gasteiger partial charge in [-0.1, -0.05) is 29.5 Å². The Morgan fingerprint density at radius 1 is 1.00 bits per heavy atom. The van der Waals surface area contributed by atoms with Gasteiger partial charge in [0.2, 0.25) is 0 Å². The van der Waals surface area contributed by atoms with Crippen molar-refractivity contribution in [3.05, 3.63) is 71.4 Å². The predicted molar refractivity (Wildman–Crippen MR) is 78.8 cm³/mol. The normalized spacial score (nSPS) is 10.9. The summed E-state index contributed by atoms with van der Waals surface area (Å²) in [5.41, 5.74) is 8.29. The number of rotatable bonds is 4. The quantitative estimate of drug-likeness (QED) is 0.806. The molecule has 0 aliphatic carbocycles. The van der Waals surface area contributed by atoms with Gasteiger partial charge >= 0.3 is 0 Å². The molecule has 0 aliphatic rings. The van der Waals surface area contributed by atoms with Crippen LogP contribution in [0.25, 0.3) is 11.3 Å². The smallest absolute Gasteiger partial charge is 0.123 e. The summed E-state index contributed by atoms with van der Waals surface area (Å²) in [5.74, 6) is -0.664. The summed E-state index contributed by atoms with van der Waals surface area (Å²) < 4.78 is 28.4. The van der Waals surface area contributed by atoms with Crippen molar-refractivity contribution in [2.45, 2.75) is 13.1 Å². The second-order valence-electron chi connectivity index (χ2n) is 4.89. The molecule has 0 saturated carbocycles.